The predicted octanol–water partition coefficient (Wildman–Crippen LogP) is 2.82. The van der Waals surface area contributed by atoms with E-state index in [4.69, 9.17) is 18.3 Å². The highest BCUT2D eigenvalue weighted by Gasteiger charge is 2.27. The van der Waals surface area contributed by atoms with Crippen LogP contribution in [-0.4, -0.2) is 48.8 Å². The summed E-state index contributed by atoms with van der Waals surface area (Å²) in [7, 11) is 0. The lowest BCUT2D eigenvalue weighted by Crippen LogP contribution is -2.49. The van der Waals surface area contributed by atoms with Gasteiger partial charge in [0.05, 0.1) is 6.26 Å². The number of amides is 1. The van der Waals surface area contributed by atoms with Crippen molar-refractivity contribution in [2.45, 2.75) is 12.8 Å². The lowest BCUT2D eigenvalue weighted by molar-refractivity contribution is -0.131. The van der Waals surface area contributed by atoms with Crippen molar-refractivity contribution < 1.29 is 23.1 Å². The molecule has 31 heavy (non-hydrogen) atoms. The zero-order valence-corrected chi connectivity index (χ0v) is 16.7. The molecule has 0 spiro atoms. The number of nitriles is 1. The number of furan rings is 1. The number of benzene rings is 1. The minimum atomic E-state index is 0.103. The third-order valence-corrected chi connectivity index (χ3v) is 5.43. The second-order valence-corrected chi connectivity index (χ2v) is 7.32. The first-order valence-corrected chi connectivity index (χ1v) is 10.1. The first kappa shape index (κ1) is 19.1. The molecule has 0 N–H and O–H groups in total. The smallest absolute Gasteiger partial charge is 0.266 e. The van der Waals surface area contributed by atoms with Crippen LogP contribution in [0.5, 0.6) is 11.5 Å². The maximum absolute atomic E-state index is 12.7. The molecule has 0 unspecified atom stereocenters. The number of carbonyl (C=O) groups excluding carboxylic acids is 1. The molecule has 0 radical (unpaired) electrons. The molecule has 9 heteroatoms. The van der Waals surface area contributed by atoms with Gasteiger partial charge in [0, 0.05) is 32.6 Å². The van der Waals surface area contributed by atoms with Crippen molar-refractivity contribution in [1.29, 1.82) is 5.26 Å². The summed E-state index contributed by atoms with van der Waals surface area (Å²) in [5, 5.41) is 9.43. The summed E-state index contributed by atoms with van der Waals surface area (Å²) in [6.45, 7) is 2.49. The van der Waals surface area contributed by atoms with Crippen LogP contribution in [0.3, 0.4) is 0 Å². The maximum Gasteiger partial charge on any atom is 0.266 e. The molecule has 1 fully saturated rings. The number of piperazine rings is 1. The quantitative estimate of drug-likeness (QED) is 0.621. The number of aromatic nitrogens is 1. The monoisotopic (exact) mass is 420 g/mol. The molecule has 0 bridgehead atoms. The van der Waals surface area contributed by atoms with E-state index in [2.05, 4.69) is 11.1 Å². The summed E-state index contributed by atoms with van der Waals surface area (Å²) in [4.78, 5) is 20.7. The number of hydrogen-bond donors (Lipinski definition) is 0. The van der Waals surface area contributed by atoms with Gasteiger partial charge in [-0.3, -0.25) is 4.79 Å². The molecule has 3 aromatic rings. The highest BCUT2D eigenvalue weighted by atomic mass is 16.7. The molecule has 1 saturated heterocycles. The molecule has 2 aliphatic heterocycles. The molecular formula is C22H20N4O5. The van der Waals surface area contributed by atoms with Crippen LogP contribution < -0.4 is 14.4 Å². The zero-order chi connectivity index (χ0) is 21.2. The van der Waals surface area contributed by atoms with Crippen LogP contribution in [0.1, 0.15) is 17.7 Å². The van der Waals surface area contributed by atoms with Crippen LogP contribution in [0, 0.1) is 11.3 Å². The van der Waals surface area contributed by atoms with Gasteiger partial charge in [0.15, 0.2) is 17.3 Å². The molecule has 2 aliphatic rings. The van der Waals surface area contributed by atoms with Crippen molar-refractivity contribution >= 4 is 11.8 Å². The number of nitrogens with zero attached hydrogens (tertiary/aromatic N) is 4. The topological polar surface area (TPSA) is 105 Å². The summed E-state index contributed by atoms with van der Waals surface area (Å²) in [6, 6.07) is 11.3. The summed E-state index contributed by atoms with van der Waals surface area (Å²) in [6.07, 6.45) is 2.59. The van der Waals surface area contributed by atoms with Gasteiger partial charge in [-0.25, -0.2) is 0 Å². The summed E-state index contributed by atoms with van der Waals surface area (Å²) in [5.41, 5.74) is 1.26. The molecule has 2 aromatic heterocycles. The Bertz CT molecular complexity index is 1120. The van der Waals surface area contributed by atoms with Crippen molar-refractivity contribution in [1.82, 2.24) is 9.88 Å². The Morgan fingerprint density at radius 3 is 2.74 bits per heavy atom. The molecule has 0 aliphatic carbocycles. The fraction of sp³-hybridized carbons (Fsp3) is 0.318. The molecule has 1 amide bonds. The number of carbonyl (C=O) groups is 1. The first-order valence-electron chi connectivity index (χ1n) is 10.1. The van der Waals surface area contributed by atoms with Gasteiger partial charge < -0.3 is 28.1 Å². The molecule has 4 heterocycles. The van der Waals surface area contributed by atoms with Gasteiger partial charge in [-0.15, -0.1) is 0 Å². The van der Waals surface area contributed by atoms with Crippen LogP contribution in [0.25, 0.3) is 11.7 Å². The summed E-state index contributed by atoms with van der Waals surface area (Å²) >= 11 is 0. The summed E-state index contributed by atoms with van der Waals surface area (Å²) < 4.78 is 21.8. The van der Waals surface area contributed by atoms with Crippen molar-refractivity contribution in [3.05, 3.63) is 47.9 Å². The van der Waals surface area contributed by atoms with E-state index in [0.29, 0.717) is 50.7 Å². The van der Waals surface area contributed by atoms with E-state index >= 15 is 0 Å². The minimum Gasteiger partial charge on any atom is -0.459 e. The Morgan fingerprint density at radius 2 is 1.97 bits per heavy atom. The Kier molecular flexibility index (Phi) is 4.96. The second kappa shape index (κ2) is 8.07. The third-order valence-electron chi connectivity index (χ3n) is 5.43. The number of oxazole rings is 1. The number of aryl methyl sites for hydroxylation is 1. The van der Waals surface area contributed by atoms with Crippen LogP contribution in [0.2, 0.25) is 0 Å². The van der Waals surface area contributed by atoms with E-state index < -0.39 is 0 Å². The third kappa shape index (κ3) is 3.80. The van der Waals surface area contributed by atoms with Crippen molar-refractivity contribution in [3.8, 4) is 29.2 Å². The lowest BCUT2D eigenvalue weighted by atomic mass is 10.1. The Balaban J connectivity index is 1.18. The molecule has 9 nitrogen and oxygen atoms in total. The fourth-order valence-corrected chi connectivity index (χ4v) is 3.77. The minimum absolute atomic E-state index is 0.103. The van der Waals surface area contributed by atoms with Crippen molar-refractivity contribution in [3.63, 3.8) is 0 Å². The zero-order valence-electron chi connectivity index (χ0n) is 16.7. The maximum atomic E-state index is 12.7. The standard InChI is InChI=1S/C22H20N4O5/c23-13-16-22(31-21(24-16)18-2-1-11-28-18)26-9-7-25(8-10-26)20(27)6-4-15-3-5-17-19(12-15)30-14-29-17/h1-3,5,11-12H,4,6-10,14H2. The van der Waals surface area contributed by atoms with E-state index in [0.717, 1.165) is 17.1 Å². The van der Waals surface area contributed by atoms with E-state index in [1.807, 2.05) is 28.0 Å². The first-order chi connectivity index (χ1) is 15.2. The number of hydrogen-bond acceptors (Lipinski definition) is 8. The van der Waals surface area contributed by atoms with Crippen LogP contribution in [0.4, 0.5) is 5.88 Å². The van der Waals surface area contributed by atoms with Crippen LogP contribution in [-0.2, 0) is 11.2 Å². The van der Waals surface area contributed by atoms with E-state index in [9.17, 15) is 10.1 Å². The average molecular weight is 420 g/mol. The summed E-state index contributed by atoms with van der Waals surface area (Å²) in [5.74, 6) is 2.74. The molecule has 0 atom stereocenters. The van der Waals surface area contributed by atoms with Crippen molar-refractivity contribution in [2.24, 2.45) is 0 Å². The molecule has 158 valence electrons. The van der Waals surface area contributed by atoms with Crippen LogP contribution >= 0.6 is 0 Å². The highest BCUT2D eigenvalue weighted by molar-refractivity contribution is 5.77. The Hall–Kier alpha value is -3.93. The normalized spacial score (nSPS) is 15.2. The SMILES string of the molecule is N#Cc1nc(-c2ccco2)oc1N1CCN(C(=O)CCc2ccc3c(c2)OCO3)CC1. The van der Waals surface area contributed by atoms with E-state index in [-0.39, 0.29) is 24.3 Å². The Labute approximate surface area is 178 Å². The second-order valence-electron chi connectivity index (χ2n) is 7.32. The predicted molar refractivity (Wildman–Crippen MR) is 109 cm³/mol. The molecule has 1 aromatic carbocycles. The van der Waals surface area contributed by atoms with E-state index in [1.165, 1.54) is 6.26 Å². The molecule has 5 rings (SSSR count). The van der Waals surface area contributed by atoms with Gasteiger partial charge in [0.2, 0.25) is 24.3 Å². The average Bonchev–Trinajstić information content (AvgIpc) is 3.57. The number of anilines is 1. The van der Waals surface area contributed by atoms with Gasteiger partial charge in [-0.1, -0.05) is 6.07 Å². The Morgan fingerprint density at radius 1 is 1.13 bits per heavy atom. The number of ether oxygens (including phenoxy) is 2. The van der Waals surface area contributed by atoms with Crippen LogP contribution in [0.15, 0.2) is 45.4 Å². The largest absolute Gasteiger partial charge is 0.459 e. The van der Waals surface area contributed by atoms with Gasteiger partial charge in [-0.05, 0) is 36.2 Å². The number of rotatable bonds is 5. The molecular weight excluding hydrogens is 400 g/mol. The fourth-order valence-electron chi connectivity index (χ4n) is 3.77. The lowest BCUT2D eigenvalue weighted by Gasteiger charge is -2.34. The molecule has 0 saturated carbocycles. The van der Waals surface area contributed by atoms with Gasteiger partial charge in [-0.2, -0.15) is 10.2 Å². The van der Waals surface area contributed by atoms with Gasteiger partial charge >= 0.3 is 0 Å². The van der Waals surface area contributed by atoms with Crippen molar-refractivity contribution in [2.75, 3.05) is 37.9 Å². The highest BCUT2D eigenvalue weighted by Crippen LogP contribution is 2.33. The van der Waals surface area contributed by atoms with E-state index in [1.54, 1.807) is 12.1 Å². The van der Waals surface area contributed by atoms with Gasteiger partial charge in [0.1, 0.15) is 6.07 Å². The van der Waals surface area contributed by atoms with Gasteiger partial charge in [0.25, 0.3) is 5.89 Å². The number of fused-ring (bicyclic) bond motifs is 1.